The molecular formula is C24H27ClN4O. The predicted octanol–water partition coefficient (Wildman–Crippen LogP) is 4.72. The van der Waals surface area contributed by atoms with Crippen molar-refractivity contribution in [2.75, 3.05) is 12.4 Å². The number of hydrogen-bond acceptors (Lipinski definition) is 4. The van der Waals surface area contributed by atoms with Crippen molar-refractivity contribution in [2.24, 2.45) is 0 Å². The number of carbonyl (C=O) groups is 1. The molecule has 1 aromatic heterocycles. The fourth-order valence-corrected chi connectivity index (χ4v) is 3.85. The minimum atomic E-state index is -0.113. The van der Waals surface area contributed by atoms with E-state index in [4.69, 9.17) is 0 Å². The maximum Gasteiger partial charge on any atom is 0.251 e. The van der Waals surface area contributed by atoms with Gasteiger partial charge in [-0.1, -0.05) is 24.3 Å². The minimum absolute atomic E-state index is 0. The Morgan fingerprint density at radius 2 is 1.77 bits per heavy atom. The number of hydrogen-bond donors (Lipinski definition) is 2. The van der Waals surface area contributed by atoms with Gasteiger partial charge < -0.3 is 10.6 Å². The van der Waals surface area contributed by atoms with E-state index in [1.807, 2.05) is 62.5 Å². The van der Waals surface area contributed by atoms with Gasteiger partial charge in [0.2, 0.25) is 0 Å². The topological polar surface area (TPSA) is 66.9 Å². The van der Waals surface area contributed by atoms with Crippen molar-refractivity contribution in [2.45, 2.75) is 39.2 Å². The maximum atomic E-state index is 12.7. The molecule has 1 amide bonds. The number of aromatic nitrogens is 2. The van der Waals surface area contributed by atoms with Crippen molar-refractivity contribution in [3.8, 4) is 11.1 Å². The zero-order valence-electron chi connectivity index (χ0n) is 17.4. The highest BCUT2D eigenvalue weighted by Gasteiger charge is 2.16. The van der Waals surface area contributed by atoms with Gasteiger partial charge >= 0.3 is 0 Å². The van der Waals surface area contributed by atoms with Crippen LogP contribution in [0.2, 0.25) is 0 Å². The van der Waals surface area contributed by atoms with Gasteiger partial charge in [-0.15, -0.1) is 12.4 Å². The molecule has 0 atom stereocenters. The lowest BCUT2D eigenvalue weighted by atomic mass is 9.95. The third kappa shape index (κ3) is 4.79. The summed E-state index contributed by atoms with van der Waals surface area (Å²) in [5, 5.41) is 6.09. The van der Waals surface area contributed by atoms with Gasteiger partial charge in [-0.2, -0.15) is 0 Å². The summed E-state index contributed by atoms with van der Waals surface area (Å²) in [7, 11) is 1.90. The Balaban J connectivity index is 0.00000256. The van der Waals surface area contributed by atoms with Crippen LogP contribution in [0.3, 0.4) is 0 Å². The first-order valence-corrected chi connectivity index (χ1v) is 10.2. The van der Waals surface area contributed by atoms with E-state index in [1.54, 1.807) is 0 Å². The number of rotatable bonds is 5. The fourth-order valence-electron chi connectivity index (χ4n) is 3.85. The van der Waals surface area contributed by atoms with Crippen LogP contribution in [0, 0.1) is 6.92 Å². The van der Waals surface area contributed by atoms with Crippen LogP contribution in [0.1, 0.15) is 46.0 Å². The van der Waals surface area contributed by atoms with E-state index in [0.29, 0.717) is 17.9 Å². The van der Waals surface area contributed by atoms with E-state index >= 15 is 0 Å². The molecular weight excluding hydrogens is 396 g/mol. The van der Waals surface area contributed by atoms with Gasteiger partial charge in [0.05, 0.1) is 6.54 Å². The average molecular weight is 423 g/mol. The summed E-state index contributed by atoms with van der Waals surface area (Å²) < 4.78 is 0. The molecule has 3 aromatic rings. The SMILES string of the molecule is CNc1ccc(-c2cccc(C(=O)NCc3nc(C)c4c(n3)CCCC4)c2)cc1.Cl. The van der Waals surface area contributed by atoms with Crippen molar-refractivity contribution in [3.05, 3.63) is 76.9 Å². The first-order chi connectivity index (χ1) is 14.1. The number of aryl methyl sites for hydroxylation is 2. The summed E-state index contributed by atoms with van der Waals surface area (Å²) in [6.07, 6.45) is 4.46. The number of carbonyl (C=O) groups excluding carboxylic acids is 1. The monoisotopic (exact) mass is 422 g/mol. The predicted molar refractivity (Wildman–Crippen MR) is 123 cm³/mol. The second kappa shape index (κ2) is 9.72. The Labute approximate surface area is 183 Å². The second-order valence-corrected chi connectivity index (χ2v) is 7.45. The number of benzene rings is 2. The van der Waals surface area contributed by atoms with Crippen molar-refractivity contribution in [3.63, 3.8) is 0 Å². The van der Waals surface area contributed by atoms with Gasteiger partial charge in [-0.05, 0) is 73.6 Å². The Morgan fingerprint density at radius 3 is 2.53 bits per heavy atom. The number of halogens is 1. The highest BCUT2D eigenvalue weighted by atomic mass is 35.5. The molecule has 156 valence electrons. The third-order valence-corrected chi connectivity index (χ3v) is 5.47. The van der Waals surface area contributed by atoms with E-state index in [-0.39, 0.29) is 18.3 Å². The normalized spacial score (nSPS) is 12.5. The highest BCUT2D eigenvalue weighted by molar-refractivity contribution is 5.95. The van der Waals surface area contributed by atoms with Gasteiger partial charge in [0, 0.05) is 29.7 Å². The summed E-state index contributed by atoms with van der Waals surface area (Å²) in [5.41, 5.74) is 7.28. The lowest BCUT2D eigenvalue weighted by Gasteiger charge is -2.17. The van der Waals surface area contributed by atoms with Gasteiger partial charge in [-0.25, -0.2) is 9.97 Å². The number of fused-ring (bicyclic) bond motifs is 1. The molecule has 0 unspecified atom stereocenters. The number of amides is 1. The van der Waals surface area contributed by atoms with Crippen LogP contribution in [0.4, 0.5) is 5.69 Å². The molecule has 0 spiro atoms. The smallest absolute Gasteiger partial charge is 0.251 e. The van der Waals surface area contributed by atoms with Crippen LogP contribution in [0.15, 0.2) is 48.5 Å². The number of nitrogens with zero attached hydrogens (tertiary/aromatic N) is 2. The lowest BCUT2D eigenvalue weighted by molar-refractivity contribution is 0.0950. The van der Waals surface area contributed by atoms with Crippen LogP contribution < -0.4 is 10.6 Å². The molecule has 1 heterocycles. The van der Waals surface area contributed by atoms with E-state index in [1.165, 1.54) is 18.4 Å². The second-order valence-electron chi connectivity index (χ2n) is 7.45. The molecule has 30 heavy (non-hydrogen) atoms. The molecule has 2 N–H and O–H groups in total. The lowest BCUT2D eigenvalue weighted by Crippen LogP contribution is -2.25. The van der Waals surface area contributed by atoms with Gasteiger partial charge in [0.25, 0.3) is 5.91 Å². The van der Waals surface area contributed by atoms with Crippen LogP contribution in [0.25, 0.3) is 11.1 Å². The summed E-state index contributed by atoms with van der Waals surface area (Å²) in [4.78, 5) is 22.0. The molecule has 0 fully saturated rings. The Hall–Kier alpha value is -2.92. The molecule has 0 bridgehead atoms. The summed E-state index contributed by atoms with van der Waals surface area (Å²) in [6, 6.07) is 15.8. The van der Waals surface area contributed by atoms with Crippen molar-refractivity contribution in [1.82, 2.24) is 15.3 Å². The van der Waals surface area contributed by atoms with Crippen LogP contribution in [-0.4, -0.2) is 22.9 Å². The summed E-state index contributed by atoms with van der Waals surface area (Å²) in [5.74, 6) is 0.577. The average Bonchev–Trinajstić information content (AvgIpc) is 2.77. The molecule has 2 aromatic carbocycles. The fraction of sp³-hybridized carbons (Fsp3) is 0.292. The Bertz CT molecular complexity index is 1030. The number of anilines is 1. The molecule has 0 radical (unpaired) electrons. The van der Waals surface area contributed by atoms with E-state index in [9.17, 15) is 4.79 Å². The standard InChI is InChI=1S/C24H26N4O.ClH/c1-16-21-8-3-4-9-22(21)28-23(27-16)15-26-24(29)19-7-5-6-18(14-19)17-10-12-20(25-2)13-11-17;/h5-7,10-14,25H,3-4,8-9,15H2,1-2H3,(H,26,29);1H. The quantitative estimate of drug-likeness (QED) is 0.624. The molecule has 6 heteroatoms. The molecule has 0 saturated heterocycles. The van der Waals surface area contributed by atoms with Crippen LogP contribution in [-0.2, 0) is 19.4 Å². The Kier molecular flexibility index (Phi) is 7.06. The maximum absolute atomic E-state index is 12.7. The van der Waals surface area contributed by atoms with Gasteiger partial charge in [0.1, 0.15) is 5.82 Å². The minimum Gasteiger partial charge on any atom is -0.388 e. The van der Waals surface area contributed by atoms with E-state index in [0.717, 1.165) is 41.0 Å². The molecule has 0 aliphatic heterocycles. The number of nitrogens with one attached hydrogen (secondary N) is 2. The van der Waals surface area contributed by atoms with Crippen molar-refractivity contribution >= 4 is 24.0 Å². The highest BCUT2D eigenvalue weighted by Crippen LogP contribution is 2.23. The van der Waals surface area contributed by atoms with Gasteiger partial charge in [0.15, 0.2) is 0 Å². The summed E-state index contributed by atoms with van der Waals surface area (Å²) in [6.45, 7) is 2.38. The van der Waals surface area contributed by atoms with E-state index < -0.39 is 0 Å². The molecule has 4 rings (SSSR count). The molecule has 0 saturated carbocycles. The molecule has 1 aliphatic carbocycles. The van der Waals surface area contributed by atoms with Crippen molar-refractivity contribution in [1.29, 1.82) is 0 Å². The van der Waals surface area contributed by atoms with Crippen molar-refractivity contribution < 1.29 is 4.79 Å². The zero-order chi connectivity index (χ0) is 20.2. The first kappa shape index (κ1) is 21.8. The van der Waals surface area contributed by atoms with Crippen LogP contribution in [0.5, 0.6) is 0 Å². The first-order valence-electron chi connectivity index (χ1n) is 10.2. The third-order valence-electron chi connectivity index (χ3n) is 5.47. The zero-order valence-corrected chi connectivity index (χ0v) is 18.2. The molecule has 5 nitrogen and oxygen atoms in total. The van der Waals surface area contributed by atoms with Gasteiger partial charge in [-0.3, -0.25) is 4.79 Å². The van der Waals surface area contributed by atoms with E-state index in [2.05, 4.69) is 20.6 Å². The molecule has 1 aliphatic rings. The summed E-state index contributed by atoms with van der Waals surface area (Å²) >= 11 is 0. The van der Waals surface area contributed by atoms with Crippen LogP contribution >= 0.6 is 12.4 Å². The Morgan fingerprint density at radius 1 is 1.00 bits per heavy atom. The largest absolute Gasteiger partial charge is 0.388 e.